The Labute approximate surface area is 117 Å². The zero-order chi connectivity index (χ0) is 13.8. The van der Waals surface area contributed by atoms with E-state index in [1.54, 1.807) is 0 Å². The fourth-order valence-electron chi connectivity index (χ4n) is 2.75. The van der Waals surface area contributed by atoms with Crippen molar-refractivity contribution in [2.24, 2.45) is 0 Å². The highest BCUT2D eigenvalue weighted by atomic mass is 15.2. The van der Waals surface area contributed by atoms with Gasteiger partial charge in [-0.15, -0.1) is 0 Å². The van der Waals surface area contributed by atoms with Crippen LogP contribution in [-0.4, -0.2) is 45.2 Å². The molecule has 1 N–H and O–H groups in total. The molecule has 1 unspecified atom stereocenters. The topological polar surface area (TPSA) is 18.5 Å². The van der Waals surface area contributed by atoms with Crippen LogP contribution >= 0.6 is 0 Å². The normalized spacial score (nSPS) is 20.3. The average molecular weight is 261 g/mol. The Morgan fingerprint density at radius 3 is 2.74 bits per heavy atom. The number of rotatable bonds is 4. The van der Waals surface area contributed by atoms with Gasteiger partial charge >= 0.3 is 0 Å². The Bertz CT molecular complexity index is 414. The summed E-state index contributed by atoms with van der Waals surface area (Å²) in [7, 11) is 6.41. The first-order chi connectivity index (χ1) is 9.08. The van der Waals surface area contributed by atoms with Gasteiger partial charge in [-0.2, -0.15) is 0 Å². The molecule has 1 aliphatic rings. The lowest BCUT2D eigenvalue weighted by atomic mass is 10.0. The van der Waals surface area contributed by atoms with Crippen LogP contribution in [0.3, 0.4) is 0 Å². The minimum Gasteiger partial charge on any atom is -0.383 e. The summed E-state index contributed by atoms with van der Waals surface area (Å²) in [5.41, 5.74) is 3.85. The predicted molar refractivity (Wildman–Crippen MR) is 84.3 cm³/mol. The van der Waals surface area contributed by atoms with E-state index in [-0.39, 0.29) is 0 Å². The van der Waals surface area contributed by atoms with Gasteiger partial charge in [-0.1, -0.05) is 6.42 Å². The summed E-state index contributed by atoms with van der Waals surface area (Å²) in [4.78, 5) is 4.63. The van der Waals surface area contributed by atoms with Crippen molar-refractivity contribution < 1.29 is 0 Å². The summed E-state index contributed by atoms with van der Waals surface area (Å²) in [5, 5.41) is 3.62. The molecule has 1 aliphatic heterocycles. The van der Waals surface area contributed by atoms with Gasteiger partial charge in [0.1, 0.15) is 0 Å². The number of benzene rings is 1. The number of hydrogen-bond acceptors (Lipinski definition) is 3. The number of aryl methyl sites for hydroxylation is 1. The van der Waals surface area contributed by atoms with E-state index in [0.717, 1.165) is 6.54 Å². The number of piperidine rings is 1. The molecule has 0 radical (unpaired) electrons. The standard InChI is InChI=1S/C16H27N3/c1-13-11-14(18(2)3)8-9-16(13)17-12-15-7-5-6-10-19(15)4/h8-9,11,15,17H,5-7,10,12H2,1-4H3. The van der Waals surface area contributed by atoms with Crippen molar-refractivity contribution in [1.29, 1.82) is 0 Å². The van der Waals surface area contributed by atoms with Gasteiger partial charge in [0.25, 0.3) is 0 Å². The summed E-state index contributed by atoms with van der Waals surface area (Å²) in [5.74, 6) is 0. The van der Waals surface area contributed by atoms with Crippen LogP contribution in [0, 0.1) is 6.92 Å². The van der Waals surface area contributed by atoms with Crippen LogP contribution in [-0.2, 0) is 0 Å². The number of likely N-dealkylation sites (tertiary alicyclic amines) is 1. The molecule has 1 aromatic rings. The lowest BCUT2D eigenvalue weighted by Crippen LogP contribution is -2.40. The van der Waals surface area contributed by atoms with Gasteiger partial charge in [0.2, 0.25) is 0 Å². The molecule has 0 amide bonds. The van der Waals surface area contributed by atoms with Crippen LogP contribution in [0.2, 0.25) is 0 Å². The lowest BCUT2D eigenvalue weighted by molar-refractivity contribution is 0.194. The van der Waals surface area contributed by atoms with Crippen molar-refractivity contribution in [2.75, 3.05) is 44.4 Å². The highest BCUT2D eigenvalue weighted by molar-refractivity contribution is 5.59. The molecule has 1 saturated heterocycles. The van der Waals surface area contributed by atoms with Gasteiger partial charge in [-0.25, -0.2) is 0 Å². The van der Waals surface area contributed by atoms with Crippen LogP contribution < -0.4 is 10.2 Å². The molecule has 106 valence electrons. The summed E-state index contributed by atoms with van der Waals surface area (Å²) in [6, 6.07) is 7.31. The van der Waals surface area contributed by atoms with Crippen LogP contribution in [0.5, 0.6) is 0 Å². The summed E-state index contributed by atoms with van der Waals surface area (Å²) in [6.07, 6.45) is 4.04. The monoisotopic (exact) mass is 261 g/mol. The Kier molecular flexibility index (Phi) is 4.70. The fourth-order valence-corrected chi connectivity index (χ4v) is 2.75. The SMILES string of the molecule is Cc1cc(N(C)C)ccc1NCC1CCCCN1C. The smallest absolute Gasteiger partial charge is 0.0371 e. The molecule has 1 heterocycles. The minimum atomic E-state index is 0.682. The highest BCUT2D eigenvalue weighted by Gasteiger charge is 2.18. The molecule has 0 spiro atoms. The Hall–Kier alpha value is -1.22. The maximum atomic E-state index is 3.62. The number of nitrogens with one attached hydrogen (secondary N) is 1. The van der Waals surface area contributed by atoms with Gasteiger partial charge in [0.15, 0.2) is 0 Å². The Morgan fingerprint density at radius 2 is 2.11 bits per heavy atom. The van der Waals surface area contributed by atoms with Crippen molar-refractivity contribution in [3.05, 3.63) is 23.8 Å². The average Bonchev–Trinajstić information content (AvgIpc) is 2.39. The van der Waals surface area contributed by atoms with Crippen LogP contribution in [0.4, 0.5) is 11.4 Å². The van der Waals surface area contributed by atoms with Gasteiger partial charge < -0.3 is 15.1 Å². The van der Waals surface area contributed by atoms with E-state index in [0.29, 0.717) is 6.04 Å². The van der Waals surface area contributed by atoms with Gasteiger partial charge in [-0.05, 0) is 57.1 Å². The van der Waals surface area contributed by atoms with E-state index in [1.807, 2.05) is 0 Å². The molecule has 0 aromatic heterocycles. The zero-order valence-electron chi connectivity index (χ0n) is 12.7. The maximum Gasteiger partial charge on any atom is 0.0371 e. The summed E-state index contributed by atoms with van der Waals surface area (Å²) in [6.45, 7) is 4.48. The second kappa shape index (κ2) is 6.29. The third-order valence-electron chi connectivity index (χ3n) is 4.18. The van der Waals surface area contributed by atoms with E-state index < -0.39 is 0 Å². The molecule has 3 nitrogen and oxygen atoms in total. The summed E-state index contributed by atoms with van der Waals surface area (Å²) < 4.78 is 0. The first-order valence-corrected chi connectivity index (χ1v) is 7.30. The van der Waals surface area contributed by atoms with E-state index in [1.165, 1.54) is 42.7 Å². The molecule has 2 rings (SSSR count). The maximum absolute atomic E-state index is 3.62. The third-order valence-corrected chi connectivity index (χ3v) is 4.18. The van der Waals surface area contributed by atoms with E-state index in [2.05, 4.69) is 61.4 Å². The Morgan fingerprint density at radius 1 is 1.32 bits per heavy atom. The zero-order valence-corrected chi connectivity index (χ0v) is 12.7. The van der Waals surface area contributed by atoms with E-state index >= 15 is 0 Å². The van der Waals surface area contributed by atoms with Crippen molar-refractivity contribution in [1.82, 2.24) is 4.90 Å². The van der Waals surface area contributed by atoms with Crippen LogP contribution in [0.25, 0.3) is 0 Å². The number of nitrogens with zero attached hydrogens (tertiary/aromatic N) is 2. The van der Waals surface area contributed by atoms with Gasteiger partial charge in [-0.3, -0.25) is 0 Å². The lowest BCUT2D eigenvalue weighted by Gasteiger charge is -2.33. The van der Waals surface area contributed by atoms with E-state index in [4.69, 9.17) is 0 Å². The summed E-state index contributed by atoms with van der Waals surface area (Å²) >= 11 is 0. The predicted octanol–water partition coefficient (Wildman–Crippen LogP) is 2.96. The van der Waals surface area contributed by atoms with E-state index in [9.17, 15) is 0 Å². The molecule has 3 heteroatoms. The molecule has 0 aliphatic carbocycles. The first kappa shape index (κ1) is 14.2. The molecule has 1 atom stereocenters. The van der Waals surface area contributed by atoms with Crippen LogP contribution in [0.15, 0.2) is 18.2 Å². The van der Waals surface area contributed by atoms with Gasteiger partial charge in [0, 0.05) is 38.1 Å². The van der Waals surface area contributed by atoms with Crippen molar-refractivity contribution in [3.63, 3.8) is 0 Å². The first-order valence-electron chi connectivity index (χ1n) is 7.30. The molecule has 1 aromatic carbocycles. The fraction of sp³-hybridized carbons (Fsp3) is 0.625. The second-order valence-electron chi connectivity index (χ2n) is 5.90. The van der Waals surface area contributed by atoms with Crippen LogP contribution in [0.1, 0.15) is 24.8 Å². The number of anilines is 2. The second-order valence-corrected chi connectivity index (χ2v) is 5.90. The molecule has 1 fully saturated rings. The molecular formula is C16H27N3. The molecular weight excluding hydrogens is 234 g/mol. The number of hydrogen-bond donors (Lipinski definition) is 1. The number of likely N-dealkylation sites (N-methyl/N-ethyl adjacent to an activating group) is 1. The highest BCUT2D eigenvalue weighted by Crippen LogP contribution is 2.22. The molecule has 0 bridgehead atoms. The van der Waals surface area contributed by atoms with Crippen molar-refractivity contribution >= 4 is 11.4 Å². The minimum absolute atomic E-state index is 0.682. The van der Waals surface area contributed by atoms with Crippen molar-refractivity contribution in [2.45, 2.75) is 32.2 Å². The Balaban J connectivity index is 1.95. The molecule has 0 saturated carbocycles. The van der Waals surface area contributed by atoms with Crippen molar-refractivity contribution in [3.8, 4) is 0 Å². The largest absolute Gasteiger partial charge is 0.383 e. The molecule has 19 heavy (non-hydrogen) atoms. The quantitative estimate of drug-likeness (QED) is 0.899. The third kappa shape index (κ3) is 3.63. The van der Waals surface area contributed by atoms with Gasteiger partial charge in [0.05, 0.1) is 0 Å².